The topological polar surface area (TPSA) is 38.1 Å². The molecule has 1 aromatic heterocycles. The first kappa shape index (κ1) is 18.4. The lowest BCUT2D eigenvalue weighted by molar-refractivity contribution is 0.0728. The minimum absolute atomic E-state index is 0.0112. The quantitative estimate of drug-likeness (QED) is 0.611. The molecule has 0 radical (unpaired) electrons. The van der Waals surface area contributed by atoms with Crippen LogP contribution in [0.1, 0.15) is 46.9 Å². The van der Waals surface area contributed by atoms with Crippen LogP contribution in [0.4, 0.5) is 4.39 Å². The van der Waals surface area contributed by atoms with Gasteiger partial charge in [-0.05, 0) is 42.5 Å². The van der Waals surface area contributed by atoms with E-state index in [1.165, 1.54) is 12.1 Å². The van der Waals surface area contributed by atoms with Crippen molar-refractivity contribution >= 4 is 5.91 Å². The second-order valence-electron chi connectivity index (χ2n) is 7.30. The van der Waals surface area contributed by atoms with Crippen molar-refractivity contribution in [2.45, 2.75) is 45.3 Å². The molecule has 1 aliphatic carbocycles. The van der Waals surface area contributed by atoms with Gasteiger partial charge in [0.05, 0.1) is 24.0 Å². The number of nitrogens with zero attached hydrogens (tertiary/aromatic N) is 3. The summed E-state index contributed by atoms with van der Waals surface area (Å²) in [7, 11) is 0. The normalized spacial score (nSPS) is 13.5. The first-order chi connectivity index (χ1) is 13.7. The Balaban J connectivity index is 1.59. The Morgan fingerprint density at radius 2 is 1.89 bits per heavy atom. The summed E-state index contributed by atoms with van der Waals surface area (Å²) < 4.78 is 15.5. The van der Waals surface area contributed by atoms with Crippen molar-refractivity contribution in [3.8, 4) is 0 Å². The highest BCUT2D eigenvalue weighted by molar-refractivity contribution is 5.95. The van der Waals surface area contributed by atoms with Crippen LogP contribution in [-0.4, -0.2) is 26.6 Å². The molecule has 1 amide bonds. The van der Waals surface area contributed by atoms with Crippen LogP contribution in [0.15, 0.2) is 60.8 Å². The highest BCUT2D eigenvalue weighted by atomic mass is 19.1. The second kappa shape index (κ2) is 7.97. The van der Waals surface area contributed by atoms with Crippen LogP contribution < -0.4 is 0 Å². The third kappa shape index (κ3) is 3.98. The smallest absolute Gasteiger partial charge is 0.257 e. The van der Waals surface area contributed by atoms with E-state index in [0.717, 1.165) is 36.1 Å². The van der Waals surface area contributed by atoms with E-state index in [-0.39, 0.29) is 17.8 Å². The predicted molar refractivity (Wildman–Crippen MR) is 106 cm³/mol. The fourth-order valence-corrected chi connectivity index (χ4v) is 3.59. The molecule has 144 valence electrons. The Bertz CT molecular complexity index is 963. The molecule has 4 nitrogen and oxygen atoms in total. The van der Waals surface area contributed by atoms with Gasteiger partial charge in [-0.1, -0.05) is 49.4 Å². The summed E-state index contributed by atoms with van der Waals surface area (Å²) in [6.45, 7) is 3.11. The number of carbonyl (C=O) groups is 1. The lowest BCUT2D eigenvalue weighted by Gasteiger charge is -2.23. The van der Waals surface area contributed by atoms with Crippen molar-refractivity contribution in [2.24, 2.45) is 0 Å². The summed E-state index contributed by atoms with van der Waals surface area (Å²) in [6.07, 6.45) is 4.42. The predicted octanol–water partition coefficient (Wildman–Crippen LogP) is 4.44. The van der Waals surface area contributed by atoms with E-state index in [2.05, 4.69) is 17.2 Å². The molecule has 0 unspecified atom stereocenters. The first-order valence-corrected chi connectivity index (χ1v) is 9.79. The average Bonchev–Trinajstić information content (AvgIpc) is 3.47. The van der Waals surface area contributed by atoms with Crippen LogP contribution in [-0.2, 0) is 19.5 Å². The molecular weight excluding hydrogens is 353 g/mol. The fraction of sp³-hybridized carbons (Fsp3) is 0.304. The van der Waals surface area contributed by atoms with Crippen molar-refractivity contribution in [3.63, 3.8) is 0 Å². The highest BCUT2D eigenvalue weighted by Crippen LogP contribution is 2.30. The van der Waals surface area contributed by atoms with Crippen LogP contribution >= 0.6 is 0 Å². The SMILES string of the molecule is CCc1c(C(=O)N(Cc2cccc(F)c2)C2CC2)cnn1Cc1ccccc1. The molecule has 1 heterocycles. The van der Waals surface area contributed by atoms with Crippen LogP contribution in [0.5, 0.6) is 0 Å². The molecule has 0 saturated heterocycles. The van der Waals surface area contributed by atoms with Gasteiger partial charge in [0, 0.05) is 12.6 Å². The maximum atomic E-state index is 13.6. The largest absolute Gasteiger partial charge is 0.331 e. The summed E-state index contributed by atoms with van der Waals surface area (Å²) >= 11 is 0. The van der Waals surface area contributed by atoms with Gasteiger partial charge in [0.15, 0.2) is 0 Å². The van der Waals surface area contributed by atoms with Crippen molar-refractivity contribution in [1.29, 1.82) is 0 Å². The number of hydrogen-bond acceptors (Lipinski definition) is 2. The minimum atomic E-state index is -0.273. The lowest BCUT2D eigenvalue weighted by Crippen LogP contribution is -2.33. The summed E-state index contributed by atoms with van der Waals surface area (Å²) in [5, 5.41) is 4.50. The average molecular weight is 377 g/mol. The highest BCUT2D eigenvalue weighted by Gasteiger charge is 2.34. The van der Waals surface area contributed by atoms with Gasteiger partial charge in [-0.2, -0.15) is 5.10 Å². The number of halogens is 1. The zero-order valence-electron chi connectivity index (χ0n) is 16.0. The molecule has 5 heteroatoms. The monoisotopic (exact) mass is 377 g/mol. The molecule has 1 fully saturated rings. The van der Waals surface area contributed by atoms with Crippen molar-refractivity contribution in [2.75, 3.05) is 0 Å². The number of aromatic nitrogens is 2. The zero-order chi connectivity index (χ0) is 19.5. The Morgan fingerprint density at radius 3 is 2.57 bits per heavy atom. The van der Waals surface area contributed by atoms with Gasteiger partial charge < -0.3 is 4.90 Å². The van der Waals surface area contributed by atoms with Crippen LogP contribution in [0.2, 0.25) is 0 Å². The first-order valence-electron chi connectivity index (χ1n) is 9.79. The number of rotatable bonds is 7. The molecule has 28 heavy (non-hydrogen) atoms. The molecule has 0 atom stereocenters. The molecule has 0 bridgehead atoms. The molecular formula is C23H24FN3O. The van der Waals surface area contributed by atoms with Gasteiger partial charge in [-0.25, -0.2) is 4.39 Å². The van der Waals surface area contributed by atoms with Crippen LogP contribution in [0.25, 0.3) is 0 Å². The van der Waals surface area contributed by atoms with E-state index >= 15 is 0 Å². The lowest BCUT2D eigenvalue weighted by atomic mass is 10.1. The van der Waals surface area contributed by atoms with Gasteiger partial charge in [0.25, 0.3) is 5.91 Å². The minimum Gasteiger partial charge on any atom is -0.331 e. The molecule has 0 N–H and O–H groups in total. The van der Waals surface area contributed by atoms with E-state index in [1.807, 2.05) is 40.8 Å². The van der Waals surface area contributed by atoms with Gasteiger partial charge in [0.1, 0.15) is 5.82 Å². The van der Waals surface area contributed by atoms with Gasteiger partial charge >= 0.3 is 0 Å². The summed E-state index contributed by atoms with van der Waals surface area (Å²) in [6, 6.07) is 16.8. The standard InChI is InChI=1S/C23H24FN3O/c1-2-22-21(14-25-27(22)16-17-7-4-3-5-8-17)23(28)26(20-11-12-20)15-18-9-6-10-19(24)13-18/h3-10,13-14,20H,2,11-12,15-16H2,1H3. The van der Waals surface area contributed by atoms with Crippen LogP contribution in [0, 0.1) is 5.82 Å². The Kier molecular flexibility index (Phi) is 5.24. The fourth-order valence-electron chi connectivity index (χ4n) is 3.59. The number of benzene rings is 2. The summed E-state index contributed by atoms with van der Waals surface area (Å²) in [4.78, 5) is 15.2. The molecule has 0 spiro atoms. The third-order valence-electron chi connectivity index (χ3n) is 5.18. The third-order valence-corrected chi connectivity index (χ3v) is 5.18. The number of carbonyl (C=O) groups excluding carboxylic acids is 1. The molecule has 3 aromatic rings. The van der Waals surface area contributed by atoms with E-state index < -0.39 is 0 Å². The van der Waals surface area contributed by atoms with Gasteiger partial charge in [-0.3, -0.25) is 9.48 Å². The summed E-state index contributed by atoms with van der Waals surface area (Å²) in [5.41, 5.74) is 3.56. The zero-order valence-corrected chi connectivity index (χ0v) is 16.0. The van der Waals surface area contributed by atoms with E-state index in [1.54, 1.807) is 12.3 Å². The van der Waals surface area contributed by atoms with Gasteiger partial charge in [-0.15, -0.1) is 0 Å². The molecule has 4 rings (SSSR count). The van der Waals surface area contributed by atoms with Crippen molar-refractivity contribution in [3.05, 3.63) is 89.0 Å². The molecule has 2 aromatic carbocycles. The molecule has 0 aliphatic heterocycles. The summed E-state index contributed by atoms with van der Waals surface area (Å²) in [5.74, 6) is -0.284. The molecule has 1 aliphatic rings. The number of amides is 1. The van der Waals surface area contributed by atoms with Crippen molar-refractivity contribution < 1.29 is 9.18 Å². The Morgan fingerprint density at radius 1 is 1.14 bits per heavy atom. The van der Waals surface area contributed by atoms with E-state index in [0.29, 0.717) is 18.7 Å². The molecule has 1 saturated carbocycles. The van der Waals surface area contributed by atoms with Crippen LogP contribution in [0.3, 0.4) is 0 Å². The Hall–Kier alpha value is -2.95. The van der Waals surface area contributed by atoms with Gasteiger partial charge in [0.2, 0.25) is 0 Å². The van der Waals surface area contributed by atoms with Crippen molar-refractivity contribution in [1.82, 2.24) is 14.7 Å². The maximum absolute atomic E-state index is 13.6. The second-order valence-corrected chi connectivity index (χ2v) is 7.30. The maximum Gasteiger partial charge on any atom is 0.257 e. The van der Waals surface area contributed by atoms with E-state index in [4.69, 9.17) is 0 Å². The Labute approximate surface area is 164 Å². The van der Waals surface area contributed by atoms with E-state index in [9.17, 15) is 9.18 Å². The number of hydrogen-bond donors (Lipinski definition) is 0.